The molecule has 8 nitrogen and oxygen atoms in total. The first-order valence-corrected chi connectivity index (χ1v) is 7.08. The average molecular weight is 316 g/mol. The zero-order valence-electron chi connectivity index (χ0n) is 12.8. The van der Waals surface area contributed by atoms with E-state index in [4.69, 9.17) is 23.7 Å². The monoisotopic (exact) mass is 316 g/mol. The SMILES string of the molecule is COCO[C@@H]1CCC[C@@]12OC(=O)[C@H](OC(C)=O)[C@@H]2OC(C)=O. The minimum atomic E-state index is -1.27. The summed E-state index contributed by atoms with van der Waals surface area (Å²) in [6, 6.07) is 0. The van der Waals surface area contributed by atoms with E-state index in [0.717, 1.165) is 6.42 Å². The van der Waals surface area contributed by atoms with Crippen LogP contribution in [0.5, 0.6) is 0 Å². The lowest BCUT2D eigenvalue weighted by Crippen LogP contribution is -2.52. The molecular weight excluding hydrogens is 296 g/mol. The van der Waals surface area contributed by atoms with Crippen molar-refractivity contribution in [1.82, 2.24) is 0 Å². The molecule has 2 rings (SSSR count). The summed E-state index contributed by atoms with van der Waals surface area (Å²) < 4.78 is 26.2. The fourth-order valence-corrected chi connectivity index (χ4v) is 3.10. The highest BCUT2D eigenvalue weighted by molar-refractivity contribution is 5.83. The number of esters is 3. The summed E-state index contributed by atoms with van der Waals surface area (Å²) in [6.45, 7) is 2.42. The molecule has 2 aliphatic rings. The topological polar surface area (TPSA) is 97.4 Å². The largest absolute Gasteiger partial charge is 0.453 e. The van der Waals surface area contributed by atoms with Crippen molar-refractivity contribution in [3.05, 3.63) is 0 Å². The molecule has 1 heterocycles. The number of carbonyl (C=O) groups excluding carboxylic acids is 3. The number of carbonyl (C=O) groups is 3. The summed E-state index contributed by atoms with van der Waals surface area (Å²) in [6.07, 6.45) is -0.962. The van der Waals surface area contributed by atoms with Crippen LogP contribution in [0.4, 0.5) is 0 Å². The third-order valence-electron chi connectivity index (χ3n) is 3.83. The van der Waals surface area contributed by atoms with Crippen molar-refractivity contribution < 1.29 is 38.1 Å². The van der Waals surface area contributed by atoms with Crippen LogP contribution in [-0.2, 0) is 38.1 Å². The third kappa shape index (κ3) is 3.07. The zero-order valence-corrected chi connectivity index (χ0v) is 12.8. The Morgan fingerprint density at radius 2 is 1.95 bits per heavy atom. The van der Waals surface area contributed by atoms with Crippen LogP contribution in [0.25, 0.3) is 0 Å². The van der Waals surface area contributed by atoms with Crippen LogP contribution in [0, 0.1) is 0 Å². The van der Waals surface area contributed by atoms with Crippen LogP contribution in [0.3, 0.4) is 0 Å². The van der Waals surface area contributed by atoms with E-state index < -0.39 is 41.8 Å². The smallest absolute Gasteiger partial charge is 0.352 e. The van der Waals surface area contributed by atoms with Gasteiger partial charge in [0, 0.05) is 21.0 Å². The van der Waals surface area contributed by atoms with Gasteiger partial charge >= 0.3 is 17.9 Å². The highest BCUT2D eigenvalue weighted by Crippen LogP contribution is 2.45. The van der Waals surface area contributed by atoms with Gasteiger partial charge in [0.25, 0.3) is 0 Å². The van der Waals surface area contributed by atoms with E-state index in [1.54, 1.807) is 0 Å². The quantitative estimate of drug-likeness (QED) is 0.406. The van der Waals surface area contributed by atoms with Gasteiger partial charge in [-0.25, -0.2) is 4.79 Å². The maximum absolute atomic E-state index is 12.1. The molecule has 0 aromatic rings. The lowest BCUT2D eigenvalue weighted by atomic mass is 9.91. The average Bonchev–Trinajstić information content (AvgIpc) is 2.93. The molecule has 0 aromatic heterocycles. The van der Waals surface area contributed by atoms with Crippen molar-refractivity contribution >= 4 is 17.9 Å². The number of rotatable bonds is 5. The van der Waals surface area contributed by atoms with Gasteiger partial charge in [0.1, 0.15) is 12.9 Å². The summed E-state index contributed by atoms with van der Waals surface area (Å²) in [4.78, 5) is 34.7. The number of methoxy groups -OCH3 is 1. The maximum Gasteiger partial charge on any atom is 0.352 e. The second-order valence-electron chi connectivity index (χ2n) is 5.39. The van der Waals surface area contributed by atoms with Gasteiger partial charge in [0.15, 0.2) is 11.7 Å². The minimum Gasteiger partial charge on any atom is -0.453 e. The van der Waals surface area contributed by atoms with Crippen LogP contribution < -0.4 is 0 Å². The molecule has 0 unspecified atom stereocenters. The molecule has 124 valence electrons. The molecule has 1 aliphatic carbocycles. The molecule has 22 heavy (non-hydrogen) atoms. The second kappa shape index (κ2) is 6.62. The van der Waals surface area contributed by atoms with Gasteiger partial charge in [-0.1, -0.05) is 0 Å². The first-order chi connectivity index (χ1) is 10.4. The van der Waals surface area contributed by atoms with E-state index in [0.29, 0.717) is 12.8 Å². The zero-order chi connectivity index (χ0) is 16.3. The lowest BCUT2D eigenvalue weighted by molar-refractivity contribution is -0.194. The van der Waals surface area contributed by atoms with E-state index in [1.807, 2.05) is 0 Å². The molecule has 4 atom stereocenters. The van der Waals surface area contributed by atoms with Crippen molar-refractivity contribution in [2.45, 2.75) is 57.0 Å². The van der Waals surface area contributed by atoms with Crippen molar-refractivity contribution in [2.75, 3.05) is 13.9 Å². The molecule has 1 saturated carbocycles. The first-order valence-electron chi connectivity index (χ1n) is 7.08. The van der Waals surface area contributed by atoms with Crippen LogP contribution in [0.2, 0.25) is 0 Å². The molecule has 1 saturated heterocycles. The molecule has 0 aromatic carbocycles. The molecular formula is C14H20O8. The summed E-state index contributed by atoms with van der Waals surface area (Å²) in [7, 11) is 1.48. The molecule has 1 aliphatic heterocycles. The van der Waals surface area contributed by atoms with Crippen LogP contribution in [0.15, 0.2) is 0 Å². The van der Waals surface area contributed by atoms with Gasteiger partial charge in [-0.15, -0.1) is 0 Å². The predicted molar refractivity (Wildman–Crippen MR) is 70.5 cm³/mol. The minimum absolute atomic E-state index is 0.0228. The highest BCUT2D eigenvalue weighted by Gasteiger charge is 2.65. The summed E-state index contributed by atoms with van der Waals surface area (Å²) in [5.41, 5.74) is -1.14. The fraction of sp³-hybridized carbons (Fsp3) is 0.786. The van der Waals surface area contributed by atoms with E-state index in [-0.39, 0.29) is 6.79 Å². The van der Waals surface area contributed by atoms with Crippen molar-refractivity contribution in [1.29, 1.82) is 0 Å². The predicted octanol–water partition coefficient (Wildman–Crippen LogP) is 0.318. The number of ether oxygens (including phenoxy) is 5. The van der Waals surface area contributed by atoms with Crippen molar-refractivity contribution in [2.24, 2.45) is 0 Å². The fourth-order valence-electron chi connectivity index (χ4n) is 3.10. The van der Waals surface area contributed by atoms with Gasteiger partial charge in [0.05, 0.1) is 0 Å². The molecule has 8 heteroatoms. The van der Waals surface area contributed by atoms with E-state index in [9.17, 15) is 14.4 Å². The Morgan fingerprint density at radius 3 is 2.55 bits per heavy atom. The van der Waals surface area contributed by atoms with E-state index in [2.05, 4.69) is 0 Å². The number of hydrogen-bond acceptors (Lipinski definition) is 8. The summed E-state index contributed by atoms with van der Waals surface area (Å²) in [5.74, 6) is -1.96. The molecule has 0 bridgehead atoms. The Morgan fingerprint density at radius 1 is 1.27 bits per heavy atom. The molecule has 0 N–H and O–H groups in total. The summed E-state index contributed by atoms with van der Waals surface area (Å²) in [5, 5.41) is 0. The Kier molecular flexibility index (Phi) is 5.02. The van der Waals surface area contributed by atoms with Crippen LogP contribution in [-0.4, -0.2) is 55.7 Å². The Balaban J connectivity index is 2.29. The molecule has 2 fully saturated rings. The van der Waals surface area contributed by atoms with Gasteiger partial charge in [-0.05, 0) is 19.3 Å². The van der Waals surface area contributed by atoms with Crippen molar-refractivity contribution in [3.8, 4) is 0 Å². The Labute approximate surface area is 128 Å². The lowest BCUT2D eigenvalue weighted by Gasteiger charge is -2.34. The number of hydrogen-bond donors (Lipinski definition) is 0. The van der Waals surface area contributed by atoms with Gasteiger partial charge in [-0.2, -0.15) is 0 Å². The van der Waals surface area contributed by atoms with E-state index >= 15 is 0 Å². The molecule has 0 amide bonds. The highest BCUT2D eigenvalue weighted by atomic mass is 16.7. The van der Waals surface area contributed by atoms with Crippen LogP contribution >= 0.6 is 0 Å². The normalized spacial score (nSPS) is 33.8. The van der Waals surface area contributed by atoms with Gasteiger partial charge in [-0.3, -0.25) is 9.59 Å². The van der Waals surface area contributed by atoms with Gasteiger partial charge in [0.2, 0.25) is 6.10 Å². The maximum atomic E-state index is 12.1. The standard InChI is InChI=1S/C14H20O8/c1-8(15)20-11-12(21-9(2)16)14(22-13(11)17)6-4-5-10(14)19-7-18-3/h10-12H,4-7H2,1-3H3/t10-,11-,12+,14-/m1/s1. The molecule has 1 spiro atoms. The first kappa shape index (κ1) is 16.7. The Bertz CT molecular complexity index is 462. The third-order valence-corrected chi connectivity index (χ3v) is 3.83. The summed E-state index contributed by atoms with van der Waals surface area (Å²) >= 11 is 0. The van der Waals surface area contributed by atoms with Gasteiger partial charge < -0.3 is 23.7 Å². The Hall–Kier alpha value is -1.67. The van der Waals surface area contributed by atoms with E-state index in [1.165, 1.54) is 21.0 Å². The second-order valence-corrected chi connectivity index (χ2v) is 5.39. The van der Waals surface area contributed by atoms with Crippen molar-refractivity contribution in [3.63, 3.8) is 0 Å². The molecule has 0 radical (unpaired) electrons. The van der Waals surface area contributed by atoms with Crippen LogP contribution in [0.1, 0.15) is 33.1 Å².